The third kappa shape index (κ3) is 2.95. The van der Waals surface area contributed by atoms with Crippen LogP contribution in [0, 0.1) is 11.3 Å². The van der Waals surface area contributed by atoms with Crippen LogP contribution in [0.3, 0.4) is 0 Å². The minimum absolute atomic E-state index is 0.0693. The summed E-state index contributed by atoms with van der Waals surface area (Å²) in [5.74, 6) is 0.0775. The molecule has 4 rings (SSSR count). The smallest absolute Gasteiger partial charge is 0.338 e. The van der Waals surface area contributed by atoms with E-state index in [9.17, 15) is 4.79 Å². The van der Waals surface area contributed by atoms with Gasteiger partial charge in [-0.25, -0.2) is 14.5 Å². The molecular formula is C19H23N3O3. The lowest BCUT2D eigenvalue weighted by Gasteiger charge is -2.58. The first-order valence-corrected chi connectivity index (χ1v) is 8.79. The highest BCUT2D eigenvalue weighted by Crippen LogP contribution is 2.53. The van der Waals surface area contributed by atoms with Crippen LogP contribution in [-0.4, -0.2) is 39.5 Å². The molecule has 6 heteroatoms. The molecule has 0 bridgehead atoms. The third-order valence-corrected chi connectivity index (χ3v) is 5.46. The lowest BCUT2D eigenvalue weighted by molar-refractivity contribution is -0.243. The van der Waals surface area contributed by atoms with Gasteiger partial charge in [0.25, 0.3) is 0 Å². The Balaban J connectivity index is 1.41. The number of esters is 1. The standard InChI is InChI=1S/C19H23N3O3/c1-19(2)16-15(4-3-9-24-16)17(19)25-18(23)14-7-5-13(6-8-14)10-22-12-20-11-21-22/h5-8,11-12,15-17H,3-4,9-10H2,1-2H3. The fourth-order valence-electron chi connectivity index (χ4n) is 4.15. The predicted octanol–water partition coefficient (Wildman–Crippen LogP) is 2.69. The first-order chi connectivity index (χ1) is 12.1. The summed E-state index contributed by atoms with van der Waals surface area (Å²) in [7, 11) is 0. The van der Waals surface area contributed by atoms with E-state index in [4.69, 9.17) is 9.47 Å². The van der Waals surface area contributed by atoms with E-state index >= 15 is 0 Å². The Morgan fingerprint density at radius 3 is 2.88 bits per heavy atom. The Morgan fingerprint density at radius 1 is 1.36 bits per heavy atom. The second-order valence-corrected chi connectivity index (χ2v) is 7.53. The summed E-state index contributed by atoms with van der Waals surface area (Å²) in [5, 5.41) is 4.08. The first-order valence-electron chi connectivity index (χ1n) is 8.79. The average molecular weight is 341 g/mol. The molecule has 0 spiro atoms. The Labute approximate surface area is 147 Å². The fraction of sp³-hybridized carbons (Fsp3) is 0.526. The molecule has 132 valence electrons. The number of fused-ring (bicyclic) bond motifs is 1. The van der Waals surface area contributed by atoms with Crippen molar-refractivity contribution in [2.24, 2.45) is 11.3 Å². The molecule has 1 saturated heterocycles. The molecule has 3 unspecified atom stereocenters. The van der Waals surface area contributed by atoms with E-state index in [0.29, 0.717) is 18.0 Å². The van der Waals surface area contributed by atoms with Gasteiger partial charge in [0.1, 0.15) is 18.8 Å². The molecule has 2 fully saturated rings. The molecule has 25 heavy (non-hydrogen) atoms. The lowest BCUT2D eigenvalue weighted by atomic mass is 9.57. The van der Waals surface area contributed by atoms with Crippen molar-refractivity contribution >= 4 is 5.97 Å². The van der Waals surface area contributed by atoms with Gasteiger partial charge in [-0.05, 0) is 30.5 Å². The topological polar surface area (TPSA) is 66.2 Å². The molecule has 3 atom stereocenters. The highest BCUT2D eigenvalue weighted by atomic mass is 16.6. The van der Waals surface area contributed by atoms with Crippen LogP contribution < -0.4 is 0 Å². The highest BCUT2D eigenvalue weighted by Gasteiger charge is 2.60. The average Bonchev–Trinajstić information content (AvgIpc) is 3.13. The highest BCUT2D eigenvalue weighted by molar-refractivity contribution is 5.89. The number of ether oxygens (including phenoxy) is 2. The Bertz CT molecular complexity index is 740. The van der Waals surface area contributed by atoms with Crippen LogP contribution in [-0.2, 0) is 16.0 Å². The minimum Gasteiger partial charge on any atom is -0.458 e. The van der Waals surface area contributed by atoms with E-state index in [1.165, 1.54) is 6.33 Å². The van der Waals surface area contributed by atoms with Gasteiger partial charge in [0, 0.05) is 17.9 Å². The molecule has 1 aromatic carbocycles. The maximum Gasteiger partial charge on any atom is 0.338 e. The van der Waals surface area contributed by atoms with E-state index in [1.54, 1.807) is 11.0 Å². The van der Waals surface area contributed by atoms with Crippen molar-refractivity contribution in [2.45, 2.75) is 45.4 Å². The fourth-order valence-corrected chi connectivity index (χ4v) is 4.15. The largest absolute Gasteiger partial charge is 0.458 e. The zero-order chi connectivity index (χ0) is 17.4. The number of aromatic nitrogens is 3. The summed E-state index contributed by atoms with van der Waals surface area (Å²) in [6, 6.07) is 7.48. The quantitative estimate of drug-likeness (QED) is 0.800. The van der Waals surface area contributed by atoms with Crippen LogP contribution in [0.25, 0.3) is 0 Å². The number of hydrogen-bond acceptors (Lipinski definition) is 5. The van der Waals surface area contributed by atoms with Gasteiger partial charge in [0.2, 0.25) is 0 Å². The van der Waals surface area contributed by atoms with Gasteiger partial charge >= 0.3 is 5.97 Å². The maximum atomic E-state index is 12.5. The van der Waals surface area contributed by atoms with Crippen LogP contribution in [0.4, 0.5) is 0 Å². The Kier molecular flexibility index (Phi) is 4.07. The van der Waals surface area contributed by atoms with Crippen LogP contribution >= 0.6 is 0 Å². The number of hydrogen-bond donors (Lipinski definition) is 0. The van der Waals surface area contributed by atoms with E-state index in [2.05, 4.69) is 23.9 Å². The van der Waals surface area contributed by atoms with E-state index in [-0.39, 0.29) is 23.6 Å². The zero-order valence-corrected chi connectivity index (χ0v) is 14.6. The molecule has 0 N–H and O–H groups in total. The van der Waals surface area contributed by atoms with Crippen LogP contribution in [0.15, 0.2) is 36.9 Å². The number of benzene rings is 1. The summed E-state index contributed by atoms with van der Waals surface area (Å²) in [6.07, 6.45) is 5.44. The van der Waals surface area contributed by atoms with E-state index in [0.717, 1.165) is 25.0 Å². The predicted molar refractivity (Wildman–Crippen MR) is 91.0 cm³/mol. The summed E-state index contributed by atoms with van der Waals surface area (Å²) in [6.45, 7) is 5.70. The van der Waals surface area contributed by atoms with Crippen molar-refractivity contribution in [2.75, 3.05) is 6.61 Å². The molecule has 2 heterocycles. The van der Waals surface area contributed by atoms with Crippen LogP contribution in [0.1, 0.15) is 42.6 Å². The van der Waals surface area contributed by atoms with E-state index in [1.807, 2.05) is 24.3 Å². The van der Waals surface area contributed by atoms with Crippen molar-refractivity contribution in [3.8, 4) is 0 Å². The third-order valence-electron chi connectivity index (χ3n) is 5.46. The summed E-state index contributed by atoms with van der Waals surface area (Å²) in [5.41, 5.74) is 1.53. The van der Waals surface area contributed by atoms with Gasteiger partial charge in [-0.1, -0.05) is 26.0 Å². The second kappa shape index (κ2) is 6.26. The van der Waals surface area contributed by atoms with Crippen molar-refractivity contribution in [3.63, 3.8) is 0 Å². The van der Waals surface area contributed by atoms with Gasteiger partial charge in [0.05, 0.1) is 18.2 Å². The Hall–Kier alpha value is -2.21. The second-order valence-electron chi connectivity index (χ2n) is 7.53. The maximum absolute atomic E-state index is 12.5. The van der Waals surface area contributed by atoms with Gasteiger partial charge in [-0.3, -0.25) is 0 Å². The molecule has 0 amide bonds. The number of nitrogens with zero attached hydrogens (tertiary/aromatic N) is 3. The van der Waals surface area contributed by atoms with Gasteiger partial charge < -0.3 is 9.47 Å². The first kappa shape index (κ1) is 16.3. The molecule has 1 aliphatic heterocycles. The SMILES string of the molecule is CC1(C)C2OCCCC2C1OC(=O)c1ccc(Cn2cncn2)cc1. The summed E-state index contributed by atoms with van der Waals surface area (Å²) >= 11 is 0. The van der Waals surface area contributed by atoms with Crippen molar-refractivity contribution < 1.29 is 14.3 Å². The zero-order valence-electron chi connectivity index (χ0n) is 14.6. The van der Waals surface area contributed by atoms with Crippen LogP contribution in [0.5, 0.6) is 0 Å². The van der Waals surface area contributed by atoms with Gasteiger partial charge in [-0.15, -0.1) is 0 Å². The van der Waals surface area contributed by atoms with Crippen LogP contribution in [0.2, 0.25) is 0 Å². The van der Waals surface area contributed by atoms with Crippen molar-refractivity contribution in [3.05, 3.63) is 48.0 Å². The number of carbonyl (C=O) groups excluding carboxylic acids is 1. The lowest BCUT2D eigenvalue weighted by Crippen LogP contribution is -2.65. The summed E-state index contributed by atoms with van der Waals surface area (Å²) in [4.78, 5) is 16.5. The molecule has 2 aliphatic rings. The number of rotatable bonds is 4. The molecule has 6 nitrogen and oxygen atoms in total. The van der Waals surface area contributed by atoms with Crippen molar-refractivity contribution in [1.29, 1.82) is 0 Å². The molecule has 0 radical (unpaired) electrons. The number of carbonyl (C=O) groups is 1. The van der Waals surface area contributed by atoms with Gasteiger partial charge in [-0.2, -0.15) is 5.10 Å². The summed E-state index contributed by atoms with van der Waals surface area (Å²) < 4.78 is 13.5. The van der Waals surface area contributed by atoms with Gasteiger partial charge in [0.15, 0.2) is 0 Å². The molecule has 1 aromatic heterocycles. The van der Waals surface area contributed by atoms with Crippen molar-refractivity contribution in [1.82, 2.24) is 14.8 Å². The monoisotopic (exact) mass is 341 g/mol. The molecule has 1 aliphatic carbocycles. The normalized spacial score (nSPS) is 27.2. The molecular weight excluding hydrogens is 318 g/mol. The van der Waals surface area contributed by atoms with E-state index < -0.39 is 0 Å². The molecule has 1 saturated carbocycles. The Morgan fingerprint density at radius 2 is 2.16 bits per heavy atom. The molecule has 2 aromatic rings. The minimum atomic E-state index is -0.255.